The first-order valence-corrected chi connectivity index (χ1v) is 6.19. The highest BCUT2D eigenvalue weighted by Gasteiger charge is 2.28. The van der Waals surface area contributed by atoms with E-state index in [0.29, 0.717) is 37.0 Å². The van der Waals surface area contributed by atoms with Crippen molar-refractivity contribution in [3.63, 3.8) is 0 Å². The van der Waals surface area contributed by atoms with Crippen molar-refractivity contribution >= 4 is 17.7 Å². The number of nitrogens with zero attached hydrogens (tertiary/aromatic N) is 2. The first kappa shape index (κ1) is 13.5. The molecule has 2 rings (SSSR count). The van der Waals surface area contributed by atoms with Gasteiger partial charge in [0.1, 0.15) is 12.0 Å². The summed E-state index contributed by atoms with van der Waals surface area (Å²) in [6.45, 7) is 3.07. The minimum atomic E-state index is -0.474. The number of rotatable bonds is 3. The van der Waals surface area contributed by atoms with E-state index in [-0.39, 0.29) is 17.7 Å². The number of aldehydes is 1. The molecule has 19 heavy (non-hydrogen) atoms. The Hall–Kier alpha value is -1.95. The number of piperidine rings is 1. The molecule has 0 saturated carbocycles. The van der Waals surface area contributed by atoms with Crippen LogP contribution in [0.5, 0.6) is 0 Å². The number of aliphatic hydroxyl groups is 1. The molecule has 1 heterocycles. The van der Waals surface area contributed by atoms with Crippen molar-refractivity contribution in [2.75, 3.05) is 18.0 Å². The molecule has 0 aliphatic carbocycles. The summed E-state index contributed by atoms with van der Waals surface area (Å²) < 4.78 is 0. The van der Waals surface area contributed by atoms with E-state index in [1.54, 1.807) is 12.1 Å². The van der Waals surface area contributed by atoms with Crippen molar-refractivity contribution in [3.8, 4) is 0 Å². The van der Waals surface area contributed by atoms with Gasteiger partial charge in [-0.1, -0.05) is 6.92 Å². The molecule has 102 valence electrons. The van der Waals surface area contributed by atoms with Gasteiger partial charge in [0.2, 0.25) is 0 Å². The van der Waals surface area contributed by atoms with Crippen LogP contribution in [0.25, 0.3) is 0 Å². The average Bonchev–Trinajstić information content (AvgIpc) is 2.41. The molecule has 2 unspecified atom stereocenters. The maximum atomic E-state index is 11.1. The quantitative estimate of drug-likeness (QED) is 0.509. The van der Waals surface area contributed by atoms with E-state index in [9.17, 15) is 20.0 Å². The van der Waals surface area contributed by atoms with Crippen LogP contribution in [0.3, 0.4) is 0 Å². The van der Waals surface area contributed by atoms with Crippen LogP contribution in [-0.2, 0) is 0 Å². The molecule has 6 nitrogen and oxygen atoms in total. The lowest BCUT2D eigenvalue weighted by molar-refractivity contribution is -0.384. The van der Waals surface area contributed by atoms with Gasteiger partial charge in [-0.15, -0.1) is 0 Å². The maximum Gasteiger partial charge on any atom is 0.293 e. The van der Waals surface area contributed by atoms with E-state index in [2.05, 4.69) is 0 Å². The molecule has 1 aliphatic rings. The Morgan fingerprint density at radius 2 is 2.26 bits per heavy atom. The lowest BCUT2D eigenvalue weighted by Gasteiger charge is -2.35. The third kappa shape index (κ3) is 2.73. The Kier molecular flexibility index (Phi) is 3.80. The molecular weight excluding hydrogens is 248 g/mol. The fraction of sp³-hybridized carbons (Fsp3) is 0.462. The van der Waals surface area contributed by atoms with Gasteiger partial charge in [0.25, 0.3) is 5.69 Å². The van der Waals surface area contributed by atoms with E-state index >= 15 is 0 Å². The van der Waals surface area contributed by atoms with Gasteiger partial charge in [-0.2, -0.15) is 0 Å². The first-order valence-electron chi connectivity index (χ1n) is 6.19. The standard InChI is InChI=1S/C13H16N2O4/c1-9-7-14(5-4-13(9)17)11-3-2-10(8-16)6-12(11)15(18)19/h2-3,6,8-9,13,17H,4-5,7H2,1H3. The van der Waals surface area contributed by atoms with Crippen LogP contribution in [-0.4, -0.2) is 35.5 Å². The third-order valence-corrected chi connectivity index (χ3v) is 3.53. The zero-order chi connectivity index (χ0) is 14.0. The monoisotopic (exact) mass is 264 g/mol. The Bertz CT molecular complexity index is 503. The fourth-order valence-corrected chi connectivity index (χ4v) is 2.38. The van der Waals surface area contributed by atoms with Gasteiger partial charge in [-0.3, -0.25) is 14.9 Å². The number of aliphatic hydroxyl groups excluding tert-OH is 1. The highest BCUT2D eigenvalue weighted by atomic mass is 16.6. The highest BCUT2D eigenvalue weighted by molar-refractivity contribution is 5.79. The summed E-state index contributed by atoms with van der Waals surface area (Å²) in [5, 5.41) is 20.8. The number of benzene rings is 1. The van der Waals surface area contributed by atoms with E-state index in [0.717, 1.165) is 0 Å². The number of hydrogen-bond acceptors (Lipinski definition) is 5. The van der Waals surface area contributed by atoms with Gasteiger partial charge in [-0.05, 0) is 24.5 Å². The van der Waals surface area contributed by atoms with Crippen LogP contribution in [0.4, 0.5) is 11.4 Å². The second kappa shape index (κ2) is 5.36. The van der Waals surface area contributed by atoms with Gasteiger partial charge in [0, 0.05) is 24.7 Å². The molecule has 0 bridgehead atoms. The predicted molar refractivity (Wildman–Crippen MR) is 70.5 cm³/mol. The van der Waals surface area contributed by atoms with Gasteiger partial charge in [-0.25, -0.2) is 0 Å². The van der Waals surface area contributed by atoms with Crippen molar-refractivity contribution in [2.24, 2.45) is 5.92 Å². The number of nitro benzene ring substituents is 1. The fourth-order valence-electron chi connectivity index (χ4n) is 2.38. The van der Waals surface area contributed by atoms with Crippen LogP contribution in [0, 0.1) is 16.0 Å². The molecule has 1 aromatic carbocycles. The first-order chi connectivity index (χ1) is 9.02. The number of anilines is 1. The van der Waals surface area contributed by atoms with Crippen LogP contribution in [0.15, 0.2) is 18.2 Å². The number of nitro groups is 1. The van der Waals surface area contributed by atoms with Crippen molar-refractivity contribution in [2.45, 2.75) is 19.4 Å². The Morgan fingerprint density at radius 3 is 2.84 bits per heavy atom. The summed E-state index contributed by atoms with van der Waals surface area (Å²) in [6.07, 6.45) is 0.831. The molecule has 1 N–H and O–H groups in total. The van der Waals surface area contributed by atoms with Gasteiger partial charge in [0.05, 0.1) is 11.0 Å². The summed E-state index contributed by atoms with van der Waals surface area (Å²) in [7, 11) is 0. The molecule has 1 fully saturated rings. The lowest BCUT2D eigenvalue weighted by atomic mass is 9.96. The molecule has 0 radical (unpaired) electrons. The molecule has 1 aliphatic heterocycles. The predicted octanol–water partition coefficient (Wildman–Crippen LogP) is 1.61. The summed E-state index contributed by atoms with van der Waals surface area (Å²) in [4.78, 5) is 23.2. The van der Waals surface area contributed by atoms with Gasteiger partial charge in [0.15, 0.2) is 0 Å². The molecule has 0 aromatic heterocycles. The molecule has 1 saturated heterocycles. The summed E-state index contributed by atoms with van der Waals surface area (Å²) in [6, 6.07) is 4.47. The topological polar surface area (TPSA) is 83.7 Å². The van der Waals surface area contributed by atoms with E-state index in [1.165, 1.54) is 6.07 Å². The SMILES string of the molecule is CC1CN(c2ccc(C=O)cc2[N+](=O)[O-])CCC1O. The van der Waals surface area contributed by atoms with Crippen LogP contribution >= 0.6 is 0 Å². The largest absolute Gasteiger partial charge is 0.393 e. The summed E-state index contributed by atoms with van der Waals surface area (Å²) in [5.74, 6) is 0.0686. The lowest BCUT2D eigenvalue weighted by Crippen LogP contribution is -2.42. The minimum Gasteiger partial charge on any atom is -0.393 e. The van der Waals surface area contributed by atoms with Crippen LogP contribution < -0.4 is 4.90 Å². The molecule has 6 heteroatoms. The van der Waals surface area contributed by atoms with E-state index < -0.39 is 4.92 Å². The molecule has 2 atom stereocenters. The Morgan fingerprint density at radius 1 is 1.53 bits per heavy atom. The van der Waals surface area contributed by atoms with Gasteiger partial charge >= 0.3 is 0 Å². The molecular formula is C13H16N2O4. The summed E-state index contributed by atoms with van der Waals surface area (Å²) in [5.41, 5.74) is 0.739. The average molecular weight is 264 g/mol. The van der Waals surface area contributed by atoms with E-state index in [4.69, 9.17) is 0 Å². The molecule has 0 amide bonds. The van der Waals surface area contributed by atoms with Crippen molar-refractivity contribution in [3.05, 3.63) is 33.9 Å². The van der Waals surface area contributed by atoms with Gasteiger partial charge < -0.3 is 10.0 Å². The highest BCUT2D eigenvalue weighted by Crippen LogP contribution is 2.32. The molecule has 1 aromatic rings. The second-order valence-corrected chi connectivity index (χ2v) is 4.90. The number of carbonyl (C=O) groups is 1. The second-order valence-electron chi connectivity index (χ2n) is 4.90. The summed E-state index contributed by atoms with van der Waals surface area (Å²) >= 11 is 0. The van der Waals surface area contributed by atoms with Crippen LogP contribution in [0.2, 0.25) is 0 Å². The minimum absolute atomic E-state index is 0.0619. The Labute approximate surface area is 110 Å². The molecule has 0 spiro atoms. The van der Waals surface area contributed by atoms with Crippen molar-refractivity contribution < 1.29 is 14.8 Å². The third-order valence-electron chi connectivity index (χ3n) is 3.53. The zero-order valence-corrected chi connectivity index (χ0v) is 10.7. The Balaban J connectivity index is 2.34. The normalized spacial score (nSPS) is 23.2. The smallest absolute Gasteiger partial charge is 0.293 e. The zero-order valence-electron chi connectivity index (χ0n) is 10.7. The number of hydrogen-bond donors (Lipinski definition) is 1. The number of carbonyl (C=O) groups excluding carboxylic acids is 1. The van der Waals surface area contributed by atoms with E-state index in [1.807, 2.05) is 11.8 Å². The van der Waals surface area contributed by atoms with Crippen molar-refractivity contribution in [1.29, 1.82) is 0 Å². The maximum absolute atomic E-state index is 11.1. The van der Waals surface area contributed by atoms with Crippen molar-refractivity contribution in [1.82, 2.24) is 0 Å². The van der Waals surface area contributed by atoms with Crippen LogP contribution in [0.1, 0.15) is 23.7 Å².